The Morgan fingerprint density at radius 1 is 1.00 bits per heavy atom. The van der Waals surface area contributed by atoms with E-state index in [2.05, 4.69) is 10.3 Å². The molecule has 0 unspecified atom stereocenters. The van der Waals surface area contributed by atoms with Crippen LogP contribution >= 0.6 is 11.6 Å². The second kappa shape index (κ2) is 10.9. The molecule has 4 aromatic rings. The van der Waals surface area contributed by atoms with Crippen LogP contribution in [0.5, 0.6) is 0 Å². The van der Waals surface area contributed by atoms with E-state index in [1.165, 1.54) is 36.4 Å². The normalized spacial score (nSPS) is 11.3. The molecule has 2 N–H and O–H groups in total. The number of halogens is 2. The van der Waals surface area contributed by atoms with Crippen LogP contribution in [0.15, 0.2) is 83.9 Å². The van der Waals surface area contributed by atoms with Crippen molar-refractivity contribution < 1.29 is 17.6 Å². The predicted octanol–water partition coefficient (Wildman–Crippen LogP) is 5.12. The van der Waals surface area contributed by atoms with Crippen LogP contribution in [0.4, 0.5) is 9.18 Å². The lowest BCUT2D eigenvalue weighted by Crippen LogP contribution is -2.40. The summed E-state index contributed by atoms with van der Waals surface area (Å²) >= 11 is 5.77. The van der Waals surface area contributed by atoms with Crippen molar-refractivity contribution in [2.24, 2.45) is 0 Å². The Kier molecular flexibility index (Phi) is 7.71. The molecule has 0 spiro atoms. The number of aryl methyl sites for hydroxylation is 1. The maximum absolute atomic E-state index is 13.3. The molecular formula is C26H24ClFN4O3S. The van der Waals surface area contributed by atoms with Crippen LogP contribution in [0.25, 0.3) is 16.9 Å². The monoisotopic (exact) mass is 526 g/mol. The highest BCUT2D eigenvalue weighted by atomic mass is 35.5. The third kappa shape index (κ3) is 6.10. The van der Waals surface area contributed by atoms with Crippen LogP contribution in [0.2, 0.25) is 5.02 Å². The van der Waals surface area contributed by atoms with E-state index in [-0.39, 0.29) is 17.3 Å². The first-order valence-electron chi connectivity index (χ1n) is 11.2. The fraction of sp³-hybridized carbons (Fsp3) is 0.154. The highest BCUT2D eigenvalue weighted by Gasteiger charge is 2.17. The van der Waals surface area contributed by atoms with Gasteiger partial charge in [-0.2, -0.15) is 0 Å². The second-order valence-electron chi connectivity index (χ2n) is 8.00. The van der Waals surface area contributed by atoms with E-state index in [4.69, 9.17) is 11.6 Å². The number of imidazole rings is 1. The Labute approximate surface area is 214 Å². The van der Waals surface area contributed by atoms with Gasteiger partial charge in [0.25, 0.3) is 10.0 Å². The first-order valence-corrected chi connectivity index (χ1v) is 13.1. The largest absolute Gasteiger partial charge is 0.337 e. The molecule has 0 aliphatic rings. The number of rotatable bonds is 8. The number of carbonyl (C=O) groups excluding carboxylic acids is 1. The molecule has 0 aliphatic carbocycles. The number of hydrogen-bond donors (Lipinski definition) is 2. The molecular weight excluding hydrogens is 503 g/mol. The molecule has 4 rings (SSSR count). The van der Waals surface area contributed by atoms with Gasteiger partial charge in [-0.05, 0) is 72.6 Å². The third-order valence-electron chi connectivity index (χ3n) is 5.50. The fourth-order valence-electron chi connectivity index (χ4n) is 3.63. The Bertz CT molecular complexity index is 1450. The number of carbonyl (C=O) groups is 1. The van der Waals surface area contributed by atoms with Crippen molar-refractivity contribution >= 4 is 27.7 Å². The zero-order chi connectivity index (χ0) is 25.7. The summed E-state index contributed by atoms with van der Waals surface area (Å²) in [5.41, 5.74) is 3.50. The summed E-state index contributed by atoms with van der Waals surface area (Å²) in [6.07, 6.45) is 3.16. The molecule has 0 aliphatic heterocycles. The molecule has 0 atom stereocenters. The Morgan fingerprint density at radius 2 is 1.67 bits per heavy atom. The van der Waals surface area contributed by atoms with Crippen molar-refractivity contribution in [2.75, 3.05) is 6.54 Å². The number of urea groups is 1. The molecule has 0 saturated heterocycles. The van der Waals surface area contributed by atoms with Crippen molar-refractivity contribution in [3.63, 3.8) is 0 Å². The van der Waals surface area contributed by atoms with Gasteiger partial charge in [-0.1, -0.05) is 30.7 Å². The van der Waals surface area contributed by atoms with E-state index in [9.17, 15) is 17.6 Å². The summed E-state index contributed by atoms with van der Waals surface area (Å²) in [6, 6.07) is 18.7. The molecule has 10 heteroatoms. The van der Waals surface area contributed by atoms with Crippen LogP contribution in [-0.2, 0) is 22.9 Å². The van der Waals surface area contributed by atoms with E-state index in [1.807, 2.05) is 46.7 Å². The van der Waals surface area contributed by atoms with Gasteiger partial charge in [0, 0.05) is 35.4 Å². The van der Waals surface area contributed by atoms with Gasteiger partial charge < -0.3 is 9.88 Å². The highest BCUT2D eigenvalue weighted by molar-refractivity contribution is 7.90. The summed E-state index contributed by atoms with van der Waals surface area (Å²) < 4.78 is 41.8. The van der Waals surface area contributed by atoms with Gasteiger partial charge in [0.2, 0.25) is 0 Å². The van der Waals surface area contributed by atoms with Crippen LogP contribution in [0.3, 0.4) is 0 Å². The smallest absolute Gasteiger partial charge is 0.328 e. The Morgan fingerprint density at radius 3 is 2.31 bits per heavy atom. The van der Waals surface area contributed by atoms with Gasteiger partial charge in [0.15, 0.2) is 0 Å². The zero-order valence-electron chi connectivity index (χ0n) is 19.4. The van der Waals surface area contributed by atoms with Crippen molar-refractivity contribution in [3.8, 4) is 16.9 Å². The van der Waals surface area contributed by atoms with E-state index in [0.717, 1.165) is 34.8 Å². The molecule has 2 amide bonds. The minimum absolute atomic E-state index is 0.0498. The van der Waals surface area contributed by atoms with Gasteiger partial charge in [0.1, 0.15) is 11.6 Å². The van der Waals surface area contributed by atoms with Gasteiger partial charge >= 0.3 is 6.03 Å². The quantitative estimate of drug-likeness (QED) is 0.333. The molecule has 0 saturated carbocycles. The van der Waals surface area contributed by atoms with Crippen molar-refractivity contribution in [1.82, 2.24) is 19.6 Å². The number of nitrogens with zero attached hydrogens (tertiary/aromatic N) is 2. The summed E-state index contributed by atoms with van der Waals surface area (Å²) in [5, 5.41) is 2.96. The summed E-state index contributed by atoms with van der Waals surface area (Å²) in [6.45, 7) is 2.27. The number of hydrogen-bond acceptors (Lipinski definition) is 4. The second-order valence-corrected chi connectivity index (χ2v) is 10.1. The van der Waals surface area contributed by atoms with Crippen molar-refractivity contribution in [2.45, 2.75) is 24.7 Å². The average molecular weight is 527 g/mol. The maximum atomic E-state index is 13.3. The van der Waals surface area contributed by atoms with E-state index in [1.54, 1.807) is 12.1 Å². The van der Waals surface area contributed by atoms with Crippen LogP contribution in [0, 0.1) is 5.82 Å². The molecule has 186 valence electrons. The van der Waals surface area contributed by atoms with Crippen LogP contribution in [-0.4, -0.2) is 30.5 Å². The zero-order valence-corrected chi connectivity index (χ0v) is 21.0. The van der Waals surface area contributed by atoms with E-state index >= 15 is 0 Å². The molecule has 3 aromatic carbocycles. The number of aromatic nitrogens is 2. The molecule has 36 heavy (non-hydrogen) atoms. The lowest BCUT2D eigenvalue weighted by Gasteiger charge is -2.10. The van der Waals surface area contributed by atoms with Crippen molar-refractivity contribution in [3.05, 3.63) is 101 Å². The molecule has 0 radical (unpaired) electrons. The number of amides is 2. The topological polar surface area (TPSA) is 93.1 Å². The number of nitrogens with one attached hydrogen (secondary N) is 2. The third-order valence-corrected chi connectivity index (χ3v) is 7.10. The first-order chi connectivity index (χ1) is 17.2. The van der Waals surface area contributed by atoms with Crippen LogP contribution in [0.1, 0.15) is 18.3 Å². The number of benzene rings is 3. The molecule has 7 nitrogen and oxygen atoms in total. The summed E-state index contributed by atoms with van der Waals surface area (Å²) in [4.78, 5) is 16.7. The molecule has 1 aromatic heterocycles. The highest BCUT2D eigenvalue weighted by Crippen LogP contribution is 2.23. The minimum Gasteiger partial charge on any atom is -0.337 e. The Balaban J connectivity index is 1.35. The number of sulfonamides is 1. The van der Waals surface area contributed by atoms with E-state index < -0.39 is 16.1 Å². The Hall–Kier alpha value is -3.69. The minimum atomic E-state index is -3.98. The lowest BCUT2D eigenvalue weighted by atomic mass is 10.1. The average Bonchev–Trinajstić information content (AvgIpc) is 3.29. The predicted molar refractivity (Wildman–Crippen MR) is 137 cm³/mol. The summed E-state index contributed by atoms with van der Waals surface area (Å²) in [7, 11) is -3.98. The molecule has 0 fully saturated rings. The lowest BCUT2D eigenvalue weighted by molar-refractivity contribution is 0.246. The van der Waals surface area contributed by atoms with Gasteiger partial charge in [0.05, 0.1) is 10.6 Å². The fourth-order valence-corrected chi connectivity index (χ4v) is 4.68. The van der Waals surface area contributed by atoms with E-state index in [0.29, 0.717) is 11.4 Å². The maximum Gasteiger partial charge on any atom is 0.328 e. The first kappa shape index (κ1) is 25.4. The SMILES string of the molecule is CCc1nc(-c2ccc(F)cc2)cn1-c1ccc(CCNC(=O)NS(=O)(=O)c2ccc(Cl)cc2)cc1. The van der Waals surface area contributed by atoms with Crippen LogP contribution < -0.4 is 10.0 Å². The molecule has 0 bridgehead atoms. The standard InChI is InChI=1S/C26H24ClFN4O3S/c1-2-25-30-24(19-5-9-21(28)10-6-19)17-32(25)22-11-3-18(4-12-22)15-16-29-26(33)31-36(34,35)23-13-7-20(27)8-14-23/h3-14,17H,2,15-16H2,1H3,(H2,29,31,33). The summed E-state index contributed by atoms with van der Waals surface area (Å²) in [5.74, 6) is 0.585. The van der Waals surface area contributed by atoms with Gasteiger partial charge in [-0.15, -0.1) is 0 Å². The van der Waals surface area contributed by atoms with Crippen molar-refractivity contribution in [1.29, 1.82) is 0 Å². The van der Waals surface area contributed by atoms with Gasteiger partial charge in [-0.25, -0.2) is 27.3 Å². The van der Waals surface area contributed by atoms with Gasteiger partial charge in [-0.3, -0.25) is 0 Å². The molecule has 1 heterocycles.